The number of thiazole rings is 1. The Kier molecular flexibility index (Phi) is 3.47. The number of carbonyl (C=O) groups is 1. The lowest BCUT2D eigenvalue weighted by Crippen LogP contribution is -2.11. The molecule has 0 spiro atoms. The standard InChI is InChI=1S/C14H10N4OS/c19-13(10-3-6-15-7-4-10)18-14-17-12(9-20-14)11-2-1-5-16-8-11/h1-9H,(H,17,18,19). The van der Waals surface area contributed by atoms with E-state index in [9.17, 15) is 4.79 Å². The van der Waals surface area contributed by atoms with E-state index >= 15 is 0 Å². The van der Waals surface area contributed by atoms with Crippen molar-refractivity contribution in [3.8, 4) is 11.3 Å². The third-order valence-electron chi connectivity index (χ3n) is 2.62. The molecule has 20 heavy (non-hydrogen) atoms. The molecule has 0 saturated heterocycles. The van der Waals surface area contributed by atoms with Crippen molar-refractivity contribution in [3.63, 3.8) is 0 Å². The number of hydrogen-bond acceptors (Lipinski definition) is 5. The third-order valence-corrected chi connectivity index (χ3v) is 3.38. The van der Waals surface area contributed by atoms with Crippen LogP contribution >= 0.6 is 11.3 Å². The summed E-state index contributed by atoms with van der Waals surface area (Å²) < 4.78 is 0. The number of carbonyl (C=O) groups excluding carboxylic acids is 1. The zero-order valence-electron chi connectivity index (χ0n) is 10.4. The van der Waals surface area contributed by atoms with E-state index in [-0.39, 0.29) is 5.91 Å². The second kappa shape index (κ2) is 5.58. The van der Waals surface area contributed by atoms with Gasteiger partial charge in [-0.2, -0.15) is 0 Å². The fourth-order valence-electron chi connectivity index (χ4n) is 1.65. The minimum Gasteiger partial charge on any atom is -0.298 e. The van der Waals surface area contributed by atoms with E-state index in [1.807, 2.05) is 17.5 Å². The Morgan fingerprint density at radius 1 is 1.10 bits per heavy atom. The first-order valence-corrected chi connectivity index (χ1v) is 6.78. The molecule has 6 heteroatoms. The summed E-state index contributed by atoms with van der Waals surface area (Å²) in [4.78, 5) is 24.3. The largest absolute Gasteiger partial charge is 0.298 e. The van der Waals surface area contributed by atoms with Crippen LogP contribution in [0.1, 0.15) is 10.4 Å². The number of anilines is 1. The highest BCUT2D eigenvalue weighted by Gasteiger charge is 2.09. The van der Waals surface area contributed by atoms with E-state index in [4.69, 9.17) is 0 Å². The van der Waals surface area contributed by atoms with Gasteiger partial charge in [-0.25, -0.2) is 4.98 Å². The smallest absolute Gasteiger partial charge is 0.257 e. The van der Waals surface area contributed by atoms with Crippen LogP contribution in [0.4, 0.5) is 5.13 Å². The molecular weight excluding hydrogens is 272 g/mol. The van der Waals surface area contributed by atoms with Gasteiger partial charge in [0.2, 0.25) is 0 Å². The summed E-state index contributed by atoms with van der Waals surface area (Å²) in [5.41, 5.74) is 2.28. The van der Waals surface area contributed by atoms with Crippen molar-refractivity contribution in [2.45, 2.75) is 0 Å². The summed E-state index contributed by atoms with van der Waals surface area (Å²) in [6.07, 6.45) is 6.61. The van der Waals surface area contributed by atoms with Gasteiger partial charge in [-0.15, -0.1) is 11.3 Å². The molecule has 0 aliphatic heterocycles. The highest BCUT2D eigenvalue weighted by molar-refractivity contribution is 7.14. The minimum absolute atomic E-state index is 0.195. The maximum atomic E-state index is 12.0. The highest BCUT2D eigenvalue weighted by Crippen LogP contribution is 2.24. The summed E-state index contributed by atoms with van der Waals surface area (Å²) in [7, 11) is 0. The van der Waals surface area contributed by atoms with Gasteiger partial charge in [0.05, 0.1) is 5.69 Å². The average molecular weight is 282 g/mol. The predicted octanol–water partition coefficient (Wildman–Crippen LogP) is 2.85. The molecule has 0 unspecified atom stereocenters. The SMILES string of the molecule is O=C(Nc1nc(-c2cccnc2)cs1)c1ccncc1. The van der Waals surface area contributed by atoms with Crippen LogP contribution in [0.25, 0.3) is 11.3 Å². The van der Waals surface area contributed by atoms with Crippen molar-refractivity contribution < 1.29 is 4.79 Å². The van der Waals surface area contributed by atoms with Crippen molar-refractivity contribution in [1.29, 1.82) is 0 Å². The molecule has 0 atom stereocenters. The molecule has 5 nitrogen and oxygen atoms in total. The first-order valence-electron chi connectivity index (χ1n) is 5.90. The lowest BCUT2D eigenvalue weighted by Gasteiger charge is -2.00. The predicted molar refractivity (Wildman–Crippen MR) is 77.5 cm³/mol. The molecule has 3 aromatic heterocycles. The average Bonchev–Trinajstić information content (AvgIpc) is 2.97. The second-order valence-electron chi connectivity index (χ2n) is 3.97. The van der Waals surface area contributed by atoms with Gasteiger partial charge in [0.15, 0.2) is 5.13 Å². The maximum absolute atomic E-state index is 12.0. The lowest BCUT2D eigenvalue weighted by molar-refractivity contribution is 0.102. The molecule has 0 aliphatic carbocycles. The van der Waals surface area contributed by atoms with Crippen molar-refractivity contribution >= 4 is 22.4 Å². The van der Waals surface area contributed by atoms with Crippen LogP contribution in [0.2, 0.25) is 0 Å². The number of nitrogens with zero attached hydrogens (tertiary/aromatic N) is 3. The van der Waals surface area contributed by atoms with Crippen LogP contribution in [-0.4, -0.2) is 20.9 Å². The van der Waals surface area contributed by atoms with E-state index in [2.05, 4.69) is 20.3 Å². The fourth-order valence-corrected chi connectivity index (χ4v) is 2.37. The van der Waals surface area contributed by atoms with Gasteiger partial charge in [0.25, 0.3) is 5.91 Å². The van der Waals surface area contributed by atoms with Gasteiger partial charge in [0, 0.05) is 41.3 Å². The Bertz CT molecular complexity index is 712. The van der Waals surface area contributed by atoms with Crippen LogP contribution < -0.4 is 5.32 Å². The number of pyridine rings is 2. The fraction of sp³-hybridized carbons (Fsp3) is 0. The molecule has 0 radical (unpaired) electrons. The van der Waals surface area contributed by atoms with Crippen LogP contribution in [0.5, 0.6) is 0 Å². The number of nitrogens with one attached hydrogen (secondary N) is 1. The van der Waals surface area contributed by atoms with Crippen molar-refractivity contribution in [3.05, 3.63) is 60.0 Å². The first kappa shape index (κ1) is 12.4. The molecule has 98 valence electrons. The molecule has 0 aromatic carbocycles. The molecule has 0 fully saturated rings. The maximum Gasteiger partial charge on any atom is 0.257 e. The molecule has 3 aromatic rings. The van der Waals surface area contributed by atoms with Gasteiger partial charge >= 0.3 is 0 Å². The van der Waals surface area contributed by atoms with E-state index in [1.165, 1.54) is 11.3 Å². The van der Waals surface area contributed by atoms with Crippen molar-refractivity contribution in [1.82, 2.24) is 15.0 Å². The Balaban J connectivity index is 1.77. The van der Waals surface area contributed by atoms with Crippen molar-refractivity contribution in [2.24, 2.45) is 0 Å². The molecule has 3 rings (SSSR count). The van der Waals surface area contributed by atoms with E-state index in [0.717, 1.165) is 11.3 Å². The third kappa shape index (κ3) is 2.70. The molecule has 0 saturated carbocycles. The van der Waals surface area contributed by atoms with Crippen LogP contribution in [0.3, 0.4) is 0 Å². The Labute approximate surface area is 119 Å². The van der Waals surface area contributed by atoms with Crippen LogP contribution in [0, 0.1) is 0 Å². The first-order chi connectivity index (χ1) is 9.83. The van der Waals surface area contributed by atoms with Crippen molar-refractivity contribution in [2.75, 3.05) is 5.32 Å². The van der Waals surface area contributed by atoms with Crippen LogP contribution in [0.15, 0.2) is 54.4 Å². The quantitative estimate of drug-likeness (QED) is 0.802. The summed E-state index contributed by atoms with van der Waals surface area (Å²) in [6.45, 7) is 0. The number of rotatable bonds is 3. The van der Waals surface area contributed by atoms with Gasteiger partial charge in [-0.3, -0.25) is 20.1 Å². The van der Waals surface area contributed by atoms with E-state index in [1.54, 1.807) is 36.9 Å². The summed E-state index contributed by atoms with van der Waals surface area (Å²) in [5.74, 6) is -0.195. The second-order valence-corrected chi connectivity index (χ2v) is 4.83. The Hall–Kier alpha value is -2.60. The molecule has 1 N–H and O–H groups in total. The number of aromatic nitrogens is 3. The minimum atomic E-state index is -0.195. The zero-order chi connectivity index (χ0) is 13.8. The zero-order valence-corrected chi connectivity index (χ0v) is 11.2. The van der Waals surface area contributed by atoms with Crippen LogP contribution in [-0.2, 0) is 0 Å². The Morgan fingerprint density at radius 2 is 1.95 bits per heavy atom. The summed E-state index contributed by atoms with van der Waals surface area (Å²) in [5, 5.41) is 5.22. The van der Waals surface area contributed by atoms with E-state index < -0.39 is 0 Å². The summed E-state index contributed by atoms with van der Waals surface area (Å²) in [6, 6.07) is 7.09. The Morgan fingerprint density at radius 3 is 2.70 bits per heavy atom. The number of hydrogen-bond donors (Lipinski definition) is 1. The van der Waals surface area contributed by atoms with Gasteiger partial charge in [0.1, 0.15) is 0 Å². The topological polar surface area (TPSA) is 67.8 Å². The normalized spacial score (nSPS) is 10.2. The van der Waals surface area contributed by atoms with E-state index in [0.29, 0.717) is 10.7 Å². The molecule has 1 amide bonds. The molecule has 0 bridgehead atoms. The molecule has 3 heterocycles. The van der Waals surface area contributed by atoms with Gasteiger partial charge in [-0.05, 0) is 24.3 Å². The summed E-state index contributed by atoms with van der Waals surface area (Å²) >= 11 is 1.38. The molecular formula is C14H10N4OS. The highest BCUT2D eigenvalue weighted by atomic mass is 32.1. The van der Waals surface area contributed by atoms with Gasteiger partial charge in [-0.1, -0.05) is 0 Å². The van der Waals surface area contributed by atoms with Gasteiger partial charge < -0.3 is 0 Å². The lowest BCUT2D eigenvalue weighted by atomic mass is 10.2. The monoisotopic (exact) mass is 282 g/mol. The number of amides is 1. The molecule has 0 aliphatic rings.